The molecule has 2 saturated heterocycles. The molecule has 0 radical (unpaired) electrons. The maximum absolute atomic E-state index is 12.4. The van der Waals surface area contributed by atoms with Gasteiger partial charge in [0.15, 0.2) is 0 Å². The second-order valence-electron chi connectivity index (χ2n) is 6.06. The third-order valence-corrected chi connectivity index (χ3v) is 4.72. The number of carbonyl (C=O) groups is 2. The van der Waals surface area contributed by atoms with E-state index >= 15 is 0 Å². The second-order valence-corrected chi connectivity index (χ2v) is 6.06. The van der Waals surface area contributed by atoms with Gasteiger partial charge in [-0.1, -0.05) is 0 Å². The number of likely N-dealkylation sites (tertiary alicyclic amines) is 1. The number of hydrogen-bond acceptors (Lipinski definition) is 5. The van der Waals surface area contributed by atoms with Gasteiger partial charge in [0.1, 0.15) is 11.6 Å². The van der Waals surface area contributed by atoms with E-state index < -0.39 is 17.6 Å². The van der Waals surface area contributed by atoms with E-state index in [4.69, 9.17) is 5.11 Å². The minimum absolute atomic E-state index is 0.0476. The lowest BCUT2D eigenvalue weighted by Crippen LogP contribution is -2.45. The maximum atomic E-state index is 12.4. The minimum Gasteiger partial charge on any atom is -0.480 e. The van der Waals surface area contributed by atoms with Crippen LogP contribution in [0.4, 0.5) is 0 Å². The van der Waals surface area contributed by atoms with Crippen molar-refractivity contribution in [1.29, 1.82) is 0 Å². The molecule has 0 unspecified atom stereocenters. The third-order valence-electron chi connectivity index (χ3n) is 4.72. The van der Waals surface area contributed by atoms with Crippen LogP contribution in [-0.4, -0.2) is 57.5 Å². The zero-order valence-electron chi connectivity index (χ0n) is 12.0. The lowest BCUT2D eigenvalue weighted by molar-refractivity contribution is -0.139. The molecule has 3 rings (SSSR count). The molecule has 0 saturated carbocycles. The average Bonchev–Trinajstić information content (AvgIpc) is 2.92. The highest BCUT2D eigenvalue weighted by Crippen LogP contribution is 2.39. The SMILES string of the molecule is O=C(O)[C@@H]1CC2(CCN(C(=O)c3cnc[nH]c3=O)CC2)CN1. The first-order chi connectivity index (χ1) is 10.5. The Labute approximate surface area is 126 Å². The molecule has 1 amide bonds. The molecule has 2 fully saturated rings. The van der Waals surface area contributed by atoms with E-state index in [9.17, 15) is 14.4 Å². The van der Waals surface area contributed by atoms with Crippen LogP contribution in [0.25, 0.3) is 0 Å². The average molecular weight is 306 g/mol. The number of nitrogens with zero attached hydrogens (tertiary/aromatic N) is 2. The van der Waals surface area contributed by atoms with Gasteiger partial charge < -0.3 is 20.3 Å². The lowest BCUT2D eigenvalue weighted by atomic mass is 9.76. The van der Waals surface area contributed by atoms with Crippen LogP contribution >= 0.6 is 0 Å². The monoisotopic (exact) mass is 306 g/mol. The van der Waals surface area contributed by atoms with Crippen LogP contribution < -0.4 is 10.9 Å². The molecule has 2 aliphatic rings. The van der Waals surface area contributed by atoms with Crippen LogP contribution in [0.15, 0.2) is 17.3 Å². The molecular formula is C14H18N4O4. The van der Waals surface area contributed by atoms with Gasteiger partial charge in [-0.15, -0.1) is 0 Å². The van der Waals surface area contributed by atoms with Gasteiger partial charge in [-0.25, -0.2) is 4.98 Å². The Morgan fingerprint density at radius 2 is 2.09 bits per heavy atom. The first-order valence-electron chi connectivity index (χ1n) is 7.29. The van der Waals surface area contributed by atoms with Crippen LogP contribution in [-0.2, 0) is 4.79 Å². The van der Waals surface area contributed by atoms with Gasteiger partial charge in [0.25, 0.3) is 11.5 Å². The third kappa shape index (κ3) is 2.61. The van der Waals surface area contributed by atoms with E-state index in [1.807, 2.05) is 0 Å². The molecule has 1 atom stereocenters. The Balaban J connectivity index is 1.65. The number of aromatic amines is 1. The van der Waals surface area contributed by atoms with Crippen molar-refractivity contribution in [2.75, 3.05) is 19.6 Å². The number of H-pyrrole nitrogens is 1. The fourth-order valence-electron chi connectivity index (χ4n) is 3.32. The first-order valence-corrected chi connectivity index (χ1v) is 7.29. The minimum atomic E-state index is -0.822. The van der Waals surface area contributed by atoms with Gasteiger partial charge in [0, 0.05) is 25.8 Å². The number of rotatable bonds is 2. The van der Waals surface area contributed by atoms with Crippen LogP contribution in [0.2, 0.25) is 0 Å². The number of nitrogens with one attached hydrogen (secondary N) is 2. The first kappa shape index (κ1) is 14.7. The van der Waals surface area contributed by atoms with Gasteiger partial charge in [0.2, 0.25) is 0 Å². The second kappa shape index (κ2) is 5.53. The van der Waals surface area contributed by atoms with Crippen LogP contribution in [0, 0.1) is 5.41 Å². The Hall–Kier alpha value is -2.22. The summed E-state index contributed by atoms with van der Waals surface area (Å²) in [7, 11) is 0. The highest BCUT2D eigenvalue weighted by molar-refractivity contribution is 5.93. The predicted octanol–water partition coefficient (Wildman–Crippen LogP) is -0.561. The molecule has 1 spiro atoms. The Morgan fingerprint density at radius 3 is 2.68 bits per heavy atom. The van der Waals surface area contributed by atoms with E-state index in [1.54, 1.807) is 4.90 Å². The molecule has 3 N–H and O–H groups in total. The number of carbonyl (C=O) groups excluding carboxylic acids is 1. The molecule has 1 aromatic rings. The van der Waals surface area contributed by atoms with Crippen LogP contribution in [0.1, 0.15) is 29.6 Å². The number of hydrogen-bond donors (Lipinski definition) is 3. The quantitative estimate of drug-likeness (QED) is 0.674. The number of amides is 1. The number of carboxylic acid groups (broad SMARTS) is 1. The molecule has 0 aliphatic carbocycles. The summed E-state index contributed by atoms with van der Waals surface area (Å²) in [5.41, 5.74) is -0.443. The Kier molecular flexibility index (Phi) is 3.69. The van der Waals surface area contributed by atoms with Crippen molar-refractivity contribution < 1.29 is 14.7 Å². The Morgan fingerprint density at radius 1 is 1.36 bits per heavy atom. The summed E-state index contributed by atoms with van der Waals surface area (Å²) in [4.78, 5) is 42.9. The molecular weight excluding hydrogens is 288 g/mol. The summed E-state index contributed by atoms with van der Waals surface area (Å²) in [5, 5.41) is 12.1. The highest BCUT2D eigenvalue weighted by atomic mass is 16.4. The molecule has 118 valence electrons. The molecule has 3 heterocycles. The summed E-state index contributed by atoms with van der Waals surface area (Å²) in [6, 6.07) is -0.497. The van der Waals surface area contributed by atoms with Gasteiger partial charge in [0.05, 0.1) is 6.33 Å². The number of carboxylic acids is 1. The largest absolute Gasteiger partial charge is 0.480 e. The number of aliphatic carboxylic acids is 1. The predicted molar refractivity (Wildman–Crippen MR) is 76.5 cm³/mol. The van der Waals surface area contributed by atoms with Crippen molar-refractivity contribution in [2.24, 2.45) is 5.41 Å². The zero-order valence-corrected chi connectivity index (χ0v) is 12.0. The molecule has 2 aliphatic heterocycles. The van der Waals surface area contributed by atoms with Crippen molar-refractivity contribution in [3.05, 3.63) is 28.4 Å². The number of aromatic nitrogens is 2. The molecule has 0 bridgehead atoms. The molecule has 8 heteroatoms. The summed E-state index contributed by atoms with van der Waals surface area (Å²) < 4.78 is 0. The Bertz CT molecular complexity index is 648. The van der Waals surface area contributed by atoms with Crippen molar-refractivity contribution in [1.82, 2.24) is 20.2 Å². The van der Waals surface area contributed by atoms with Crippen molar-refractivity contribution in [2.45, 2.75) is 25.3 Å². The van der Waals surface area contributed by atoms with Crippen LogP contribution in [0.3, 0.4) is 0 Å². The summed E-state index contributed by atoms with van der Waals surface area (Å²) in [6.45, 7) is 1.72. The van der Waals surface area contributed by atoms with Crippen molar-refractivity contribution >= 4 is 11.9 Å². The highest BCUT2D eigenvalue weighted by Gasteiger charge is 2.44. The molecule has 1 aromatic heterocycles. The van der Waals surface area contributed by atoms with E-state index in [-0.39, 0.29) is 16.9 Å². The zero-order chi connectivity index (χ0) is 15.7. The smallest absolute Gasteiger partial charge is 0.320 e. The molecule has 0 aromatic carbocycles. The molecule has 22 heavy (non-hydrogen) atoms. The van der Waals surface area contributed by atoms with Gasteiger partial charge in [-0.3, -0.25) is 14.4 Å². The van der Waals surface area contributed by atoms with E-state index in [1.165, 1.54) is 12.5 Å². The molecule has 8 nitrogen and oxygen atoms in total. The van der Waals surface area contributed by atoms with Crippen molar-refractivity contribution in [3.8, 4) is 0 Å². The van der Waals surface area contributed by atoms with Gasteiger partial charge in [-0.05, 0) is 24.7 Å². The van der Waals surface area contributed by atoms with E-state index in [2.05, 4.69) is 15.3 Å². The lowest BCUT2D eigenvalue weighted by Gasteiger charge is -2.38. The van der Waals surface area contributed by atoms with Crippen molar-refractivity contribution in [3.63, 3.8) is 0 Å². The topological polar surface area (TPSA) is 115 Å². The summed E-state index contributed by atoms with van der Waals surface area (Å²) >= 11 is 0. The standard InChI is InChI=1S/C14H18N4O4/c19-11-9(6-15-8-17-11)12(20)18-3-1-14(2-4-18)5-10(13(21)22)16-7-14/h6,8,10,16H,1-5,7H2,(H,21,22)(H,15,17,19)/t10-/m0/s1. The summed E-state index contributed by atoms with van der Waals surface area (Å²) in [5.74, 6) is -1.14. The maximum Gasteiger partial charge on any atom is 0.320 e. The van der Waals surface area contributed by atoms with E-state index in [0.29, 0.717) is 26.1 Å². The number of piperidine rings is 1. The van der Waals surface area contributed by atoms with E-state index in [0.717, 1.165) is 12.8 Å². The van der Waals surface area contributed by atoms with Gasteiger partial charge in [-0.2, -0.15) is 0 Å². The fraction of sp³-hybridized carbons (Fsp3) is 0.571. The van der Waals surface area contributed by atoms with Crippen LogP contribution in [0.5, 0.6) is 0 Å². The fourth-order valence-corrected chi connectivity index (χ4v) is 3.32. The van der Waals surface area contributed by atoms with Gasteiger partial charge >= 0.3 is 5.97 Å². The summed E-state index contributed by atoms with van der Waals surface area (Å²) in [6.07, 6.45) is 4.61. The normalized spacial score (nSPS) is 23.6.